The Morgan fingerprint density at radius 2 is 1.85 bits per heavy atom. The van der Waals surface area contributed by atoms with E-state index < -0.39 is 0 Å². The van der Waals surface area contributed by atoms with E-state index in [1.165, 1.54) is 0 Å². The first kappa shape index (κ1) is 15.4. The molecular formula is C15H15Cl2NOS. The Bertz CT molecular complexity index is 578. The lowest BCUT2D eigenvalue weighted by atomic mass is 10.3. The molecule has 2 nitrogen and oxygen atoms in total. The Labute approximate surface area is 133 Å². The Morgan fingerprint density at radius 3 is 2.60 bits per heavy atom. The number of hydrogen-bond donors (Lipinski definition) is 1. The van der Waals surface area contributed by atoms with Crippen molar-refractivity contribution in [2.45, 2.75) is 11.3 Å². The van der Waals surface area contributed by atoms with Gasteiger partial charge in [0.2, 0.25) is 0 Å². The zero-order valence-corrected chi connectivity index (χ0v) is 13.1. The molecule has 0 heterocycles. The second-order valence-electron chi connectivity index (χ2n) is 4.16. The third-order valence-electron chi connectivity index (χ3n) is 2.63. The zero-order valence-electron chi connectivity index (χ0n) is 10.8. The Balaban J connectivity index is 1.71. The van der Waals surface area contributed by atoms with E-state index in [0.29, 0.717) is 22.3 Å². The second kappa shape index (κ2) is 7.67. The van der Waals surface area contributed by atoms with Gasteiger partial charge in [0.05, 0.1) is 22.3 Å². The van der Waals surface area contributed by atoms with E-state index >= 15 is 0 Å². The molecule has 0 amide bonds. The molecule has 0 aliphatic rings. The average molecular weight is 328 g/mol. The highest BCUT2D eigenvalue weighted by atomic mass is 35.5. The number of benzene rings is 2. The van der Waals surface area contributed by atoms with Crippen LogP contribution in [0.3, 0.4) is 0 Å². The number of hydrogen-bond acceptors (Lipinski definition) is 3. The smallest absolute Gasteiger partial charge is 0.142 e. The van der Waals surface area contributed by atoms with Gasteiger partial charge in [-0.25, -0.2) is 0 Å². The fraction of sp³-hybridized carbons (Fsp3) is 0.200. The van der Waals surface area contributed by atoms with Gasteiger partial charge in [0.25, 0.3) is 0 Å². The molecule has 0 bridgehead atoms. The van der Waals surface area contributed by atoms with Crippen LogP contribution in [0.15, 0.2) is 47.4 Å². The zero-order chi connectivity index (χ0) is 14.4. The minimum Gasteiger partial charge on any atom is -0.491 e. The van der Waals surface area contributed by atoms with Gasteiger partial charge >= 0.3 is 0 Å². The van der Waals surface area contributed by atoms with Gasteiger partial charge in [0, 0.05) is 10.6 Å². The molecular weight excluding hydrogens is 313 g/mol. The summed E-state index contributed by atoms with van der Waals surface area (Å²) in [4.78, 5) is 1.11. The summed E-state index contributed by atoms with van der Waals surface area (Å²) in [7, 11) is 0. The molecule has 0 aliphatic carbocycles. The van der Waals surface area contributed by atoms with Crippen molar-refractivity contribution in [3.05, 3.63) is 52.5 Å². The first-order chi connectivity index (χ1) is 9.66. The number of halogens is 2. The molecule has 0 aromatic heterocycles. The fourth-order valence-electron chi connectivity index (χ4n) is 1.61. The molecule has 0 unspecified atom stereocenters. The molecule has 106 valence electrons. The van der Waals surface area contributed by atoms with Crippen LogP contribution in [0.25, 0.3) is 0 Å². The highest BCUT2D eigenvalue weighted by molar-refractivity contribution is 7.99. The normalized spacial score (nSPS) is 10.5. The molecule has 20 heavy (non-hydrogen) atoms. The van der Waals surface area contributed by atoms with Crippen LogP contribution in [0, 0.1) is 0 Å². The van der Waals surface area contributed by atoms with Gasteiger partial charge in [0.1, 0.15) is 5.75 Å². The van der Waals surface area contributed by atoms with E-state index in [0.717, 1.165) is 22.8 Å². The minimum atomic E-state index is 0.582. The van der Waals surface area contributed by atoms with Crippen LogP contribution in [-0.2, 0) is 0 Å². The van der Waals surface area contributed by atoms with Crippen molar-refractivity contribution in [3.63, 3.8) is 0 Å². The van der Waals surface area contributed by atoms with E-state index in [4.69, 9.17) is 33.7 Å². The van der Waals surface area contributed by atoms with Gasteiger partial charge in [-0.3, -0.25) is 0 Å². The molecule has 5 heteroatoms. The standard InChI is InChI=1S/C15H15Cl2NOS/c16-12-7-6-11(10-13(12)17)20-9-3-8-19-15-5-2-1-4-14(15)18/h1-2,4-7,10H,3,8-9,18H2. The number of rotatable bonds is 6. The SMILES string of the molecule is Nc1ccccc1OCCCSc1ccc(Cl)c(Cl)c1. The minimum absolute atomic E-state index is 0.582. The van der Waals surface area contributed by atoms with Crippen molar-refractivity contribution in [2.24, 2.45) is 0 Å². The van der Waals surface area contributed by atoms with E-state index in [9.17, 15) is 0 Å². The predicted octanol–water partition coefficient (Wildman–Crippen LogP) is 5.14. The Morgan fingerprint density at radius 1 is 1.05 bits per heavy atom. The van der Waals surface area contributed by atoms with Gasteiger partial charge in [-0.05, 0) is 36.8 Å². The van der Waals surface area contributed by atoms with Gasteiger partial charge in [-0.2, -0.15) is 0 Å². The van der Waals surface area contributed by atoms with Crippen LogP contribution in [0.2, 0.25) is 10.0 Å². The van der Waals surface area contributed by atoms with Crippen LogP contribution >= 0.6 is 35.0 Å². The summed E-state index contributed by atoms with van der Waals surface area (Å²) in [6.45, 7) is 0.641. The number of anilines is 1. The maximum Gasteiger partial charge on any atom is 0.142 e. The monoisotopic (exact) mass is 327 g/mol. The number of nitrogen functional groups attached to an aromatic ring is 1. The summed E-state index contributed by atoms with van der Waals surface area (Å²) in [6, 6.07) is 13.2. The van der Waals surface area contributed by atoms with E-state index in [-0.39, 0.29) is 0 Å². The van der Waals surface area contributed by atoms with E-state index in [1.807, 2.05) is 42.5 Å². The Hall–Kier alpha value is -1.03. The average Bonchev–Trinajstić information content (AvgIpc) is 2.44. The predicted molar refractivity (Wildman–Crippen MR) is 88.2 cm³/mol. The molecule has 2 aromatic carbocycles. The molecule has 0 saturated heterocycles. The molecule has 2 aromatic rings. The lowest BCUT2D eigenvalue weighted by Gasteiger charge is -2.08. The molecule has 0 radical (unpaired) electrons. The number of ether oxygens (including phenoxy) is 1. The number of nitrogens with two attached hydrogens (primary N) is 1. The van der Waals surface area contributed by atoms with Gasteiger partial charge in [-0.15, -0.1) is 11.8 Å². The molecule has 2 N–H and O–H groups in total. The highest BCUT2D eigenvalue weighted by Gasteiger charge is 2.01. The first-order valence-corrected chi connectivity index (χ1v) is 7.96. The molecule has 2 rings (SSSR count). The van der Waals surface area contributed by atoms with Crippen LogP contribution in [0.5, 0.6) is 5.75 Å². The summed E-state index contributed by atoms with van der Waals surface area (Å²) >= 11 is 13.6. The lowest BCUT2D eigenvalue weighted by molar-refractivity contribution is 0.320. The summed E-state index contributed by atoms with van der Waals surface area (Å²) in [5.41, 5.74) is 6.47. The Kier molecular flexibility index (Phi) is 5.89. The third-order valence-corrected chi connectivity index (χ3v) is 4.44. The molecule has 0 spiro atoms. The number of para-hydroxylation sites is 2. The van der Waals surface area contributed by atoms with Gasteiger partial charge in [0.15, 0.2) is 0 Å². The van der Waals surface area contributed by atoms with Crippen molar-refractivity contribution in [1.29, 1.82) is 0 Å². The summed E-state index contributed by atoms with van der Waals surface area (Å²) in [5.74, 6) is 1.69. The van der Waals surface area contributed by atoms with Crippen molar-refractivity contribution in [2.75, 3.05) is 18.1 Å². The highest BCUT2D eigenvalue weighted by Crippen LogP contribution is 2.28. The molecule has 0 atom stereocenters. The van der Waals surface area contributed by atoms with E-state index in [1.54, 1.807) is 11.8 Å². The second-order valence-corrected chi connectivity index (χ2v) is 6.15. The van der Waals surface area contributed by atoms with Gasteiger partial charge < -0.3 is 10.5 Å². The maximum atomic E-state index is 5.97. The largest absolute Gasteiger partial charge is 0.491 e. The topological polar surface area (TPSA) is 35.2 Å². The fourth-order valence-corrected chi connectivity index (χ4v) is 2.84. The lowest BCUT2D eigenvalue weighted by Crippen LogP contribution is -2.01. The maximum absolute atomic E-state index is 5.97. The first-order valence-electron chi connectivity index (χ1n) is 6.22. The van der Waals surface area contributed by atoms with Crippen LogP contribution in [0.4, 0.5) is 5.69 Å². The van der Waals surface area contributed by atoms with Crippen molar-refractivity contribution < 1.29 is 4.74 Å². The van der Waals surface area contributed by atoms with Crippen LogP contribution in [0.1, 0.15) is 6.42 Å². The quantitative estimate of drug-likeness (QED) is 0.453. The van der Waals surface area contributed by atoms with Crippen molar-refractivity contribution in [1.82, 2.24) is 0 Å². The third kappa shape index (κ3) is 4.51. The number of thioether (sulfide) groups is 1. The van der Waals surface area contributed by atoms with Crippen molar-refractivity contribution >= 4 is 40.7 Å². The molecule has 0 fully saturated rings. The summed E-state index contributed by atoms with van der Waals surface area (Å²) in [5, 5.41) is 1.17. The van der Waals surface area contributed by atoms with Crippen molar-refractivity contribution in [3.8, 4) is 5.75 Å². The van der Waals surface area contributed by atoms with Crippen LogP contribution in [-0.4, -0.2) is 12.4 Å². The molecule has 0 saturated carbocycles. The summed E-state index contributed by atoms with van der Waals surface area (Å²) in [6.07, 6.45) is 0.930. The van der Waals surface area contributed by atoms with Crippen LogP contribution < -0.4 is 10.5 Å². The summed E-state index contributed by atoms with van der Waals surface area (Å²) < 4.78 is 5.63. The molecule has 0 aliphatic heterocycles. The van der Waals surface area contributed by atoms with E-state index in [2.05, 4.69) is 0 Å². The van der Waals surface area contributed by atoms with Gasteiger partial charge in [-0.1, -0.05) is 35.3 Å².